The fraction of sp³-hybridized carbons (Fsp3) is 0.188. The third kappa shape index (κ3) is 4.80. The summed E-state index contributed by atoms with van der Waals surface area (Å²) < 4.78 is 66.4. The Balaban J connectivity index is 1.85. The lowest BCUT2D eigenvalue weighted by Gasteiger charge is -2.18. The molecule has 0 aliphatic carbocycles. The number of carbonyl (C=O) groups is 1. The van der Waals surface area contributed by atoms with Crippen LogP contribution in [-0.4, -0.2) is 47.0 Å². The maximum atomic E-state index is 13.1. The SMILES string of the molecule is CN(CC(=O)Nc1cc(C(F)(F)F)ccc1-n1cncn1)S(=O)(=O)c1ccc(Cl)s1. The molecule has 0 aliphatic heterocycles. The van der Waals surface area contributed by atoms with Crippen LogP contribution in [0.2, 0.25) is 4.34 Å². The molecule has 14 heteroatoms. The molecule has 1 aromatic carbocycles. The monoisotopic (exact) mass is 479 g/mol. The zero-order chi connectivity index (χ0) is 22.1. The van der Waals surface area contributed by atoms with Gasteiger partial charge >= 0.3 is 6.18 Å². The first-order chi connectivity index (χ1) is 14.0. The first-order valence-electron chi connectivity index (χ1n) is 8.06. The summed E-state index contributed by atoms with van der Waals surface area (Å²) in [6, 6.07) is 5.40. The molecule has 0 aliphatic rings. The van der Waals surface area contributed by atoms with Crippen molar-refractivity contribution in [3.8, 4) is 5.69 Å². The number of alkyl halides is 3. The van der Waals surface area contributed by atoms with E-state index in [1.807, 2.05) is 0 Å². The van der Waals surface area contributed by atoms with Crippen molar-refractivity contribution in [2.75, 3.05) is 18.9 Å². The minimum absolute atomic E-state index is 0.0647. The van der Waals surface area contributed by atoms with Crippen molar-refractivity contribution in [3.05, 3.63) is 52.9 Å². The lowest BCUT2D eigenvalue weighted by molar-refractivity contribution is -0.137. The van der Waals surface area contributed by atoms with Crippen LogP contribution in [0.15, 0.2) is 47.2 Å². The smallest absolute Gasteiger partial charge is 0.323 e. The number of thiophene rings is 1. The van der Waals surface area contributed by atoms with Gasteiger partial charge in [-0.15, -0.1) is 11.3 Å². The number of amides is 1. The van der Waals surface area contributed by atoms with Crippen LogP contribution < -0.4 is 5.32 Å². The molecule has 2 aromatic heterocycles. The molecule has 1 N–H and O–H groups in total. The van der Waals surface area contributed by atoms with Crippen molar-refractivity contribution in [2.45, 2.75) is 10.4 Å². The van der Waals surface area contributed by atoms with E-state index in [0.29, 0.717) is 0 Å². The molecular weight excluding hydrogens is 467 g/mol. The Labute approximate surface area is 178 Å². The first-order valence-corrected chi connectivity index (χ1v) is 10.7. The number of benzene rings is 1. The molecule has 2 heterocycles. The fourth-order valence-electron chi connectivity index (χ4n) is 2.41. The van der Waals surface area contributed by atoms with Crippen molar-refractivity contribution in [2.24, 2.45) is 0 Å². The van der Waals surface area contributed by atoms with Crippen LogP contribution in [0.25, 0.3) is 5.69 Å². The number of hydrogen-bond acceptors (Lipinski definition) is 6. The summed E-state index contributed by atoms with van der Waals surface area (Å²) in [5.74, 6) is -0.843. The number of sulfonamides is 1. The van der Waals surface area contributed by atoms with Gasteiger partial charge in [0.2, 0.25) is 5.91 Å². The molecule has 3 rings (SSSR count). The van der Waals surface area contributed by atoms with Gasteiger partial charge in [0, 0.05) is 7.05 Å². The second kappa shape index (κ2) is 8.34. The van der Waals surface area contributed by atoms with Crippen molar-refractivity contribution in [3.63, 3.8) is 0 Å². The summed E-state index contributed by atoms with van der Waals surface area (Å²) in [4.78, 5) is 16.1. The summed E-state index contributed by atoms with van der Waals surface area (Å²) in [6.45, 7) is -0.634. The molecule has 0 saturated carbocycles. The van der Waals surface area contributed by atoms with Crippen LogP contribution >= 0.6 is 22.9 Å². The van der Waals surface area contributed by atoms with E-state index in [-0.39, 0.29) is 19.9 Å². The lowest BCUT2D eigenvalue weighted by atomic mass is 10.1. The molecule has 30 heavy (non-hydrogen) atoms. The Hall–Kier alpha value is -2.48. The summed E-state index contributed by atoms with van der Waals surface area (Å²) in [7, 11) is -2.82. The first kappa shape index (κ1) is 22.2. The van der Waals surface area contributed by atoms with Crippen LogP contribution in [0.4, 0.5) is 18.9 Å². The predicted molar refractivity (Wildman–Crippen MR) is 104 cm³/mol. The molecule has 0 radical (unpaired) electrons. The van der Waals surface area contributed by atoms with Gasteiger partial charge in [-0.3, -0.25) is 4.79 Å². The molecule has 0 fully saturated rings. The summed E-state index contributed by atoms with van der Waals surface area (Å²) in [5, 5.41) is 6.16. The number of anilines is 1. The van der Waals surface area contributed by atoms with E-state index in [0.717, 1.165) is 33.8 Å². The van der Waals surface area contributed by atoms with E-state index in [1.165, 1.54) is 36.5 Å². The standard InChI is InChI=1S/C16H13ClF3N5O3S2/c1-24(30(27,28)15-5-4-13(17)29-15)7-14(26)23-11-6-10(16(18,19)20)2-3-12(11)25-9-21-8-22-25/h2-6,8-9H,7H2,1H3,(H,23,26). The number of halogens is 4. The molecule has 160 valence electrons. The van der Waals surface area contributed by atoms with Gasteiger partial charge in [0.25, 0.3) is 10.0 Å². The van der Waals surface area contributed by atoms with Crippen molar-refractivity contribution < 1.29 is 26.4 Å². The minimum Gasteiger partial charge on any atom is -0.323 e. The lowest BCUT2D eigenvalue weighted by Crippen LogP contribution is -2.34. The summed E-state index contributed by atoms with van der Waals surface area (Å²) in [5.41, 5.74) is -1.06. The van der Waals surface area contributed by atoms with Gasteiger partial charge in [-0.25, -0.2) is 18.1 Å². The average Bonchev–Trinajstić information content (AvgIpc) is 3.32. The minimum atomic E-state index is -4.64. The van der Waals surface area contributed by atoms with Gasteiger partial charge in [0.05, 0.1) is 27.8 Å². The second-order valence-electron chi connectivity index (χ2n) is 5.94. The number of nitrogens with zero attached hydrogens (tertiary/aromatic N) is 4. The van der Waals surface area contributed by atoms with Gasteiger partial charge in [-0.1, -0.05) is 11.6 Å². The number of nitrogens with one attached hydrogen (secondary N) is 1. The van der Waals surface area contributed by atoms with Crippen molar-refractivity contribution >= 4 is 44.6 Å². The van der Waals surface area contributed by atoms with Crippen LogP contribution in [0.1, 0.15) is 5.56 Å². The van der Waals surface area contributed by atoms with Crippen LogP contribution in [0.5, 0.6) is 0 Å². The largest absolute Gasteiger partial charge is 0.416 e. The molecule has 8 nitrogen and oxygen atoms in total. The number of aromatic nitrogens is 3. The third-order valence-corrected chi connectivity index (χ3v) is 7.34. The quantitative estimate of drug-likeness (QED) is 0.585. The molecule has 1 amide bonds. The van der Waals surface area contributed by atoms with Gasteiger partial charge in [0.1, 0.15) is 16.9 Å². The van der Waals surface area contributed by atoms with Gasteiger partial charge < -0.3 is 5.32 Å². The average molecular weight is 480 g/mol. The van der Waals surface area contributed by atoms with E-state index in [1.54, 1.807) is 0 Å². The zero-order valence-electron chi connectivity index (χ0n) is 15.1. The fourth-order valence-corrected chi connectivity index (χ4v) is 5.23. The van der Waals surface area contributed by atoms with Crippen LogP contribution in [-0.2, 0) is 21.0 Å². The Morgan fingerprint density at radius 2 is 2.03 bits per heavy atom. The molecular formula is C16H13ClF3N5O3S2. The van der Waals surface area contributed by atoms with Crippen LogP contribution in [0.3, 0.4) is 0 Å². The Morgan fingerprint density at radius 1 is 1.30 bits per heavy atom. The maximum Gasteiger partial charge on any atom is 0.416 e. The normalized spacial score (nSPS) is 12.3. The van der Waals surface area contributed by atoms with E-state index < -0.39 is 34.2 Å². The highest BCUT2D eigenvalue weighted by Gasteiger charge is 2.32. The summed E-state index contributed by atoms with van der Waals surface area (Å²) in [6.07, 6.45) is -2.22. The number of hydrogen-bond donors (Lipinski definition) is 1. The van der Waals surface area contributed by atoms with Crippen LogP contribution in [0, 0.1) is 0 Å². The van der Waals surface area contributed by atoms with E-state index in [2.05, 4.69) is 15.4 Å². The molecule has 0 bridgehead atoms. The number of rotatable bonds is 6. The van der Waals surface area contributed by atoms with Crippen molar-refractivity contribution in [1.29, 1.82) is 0 Å². The summed E-state index contributed by atoms with van der Waals surface area (Å²) >= 11 is 6.57. The van der Waals surface area contributed by atoms with Crippen molar-refractivity contribution in [1.82, 2.24) is 19.1 Å². The third-order valence-electron chi connectivity index (χ3n) is 3.84. The van der Waals surface area contributed by atoms with E-state index >= 15 is 0 Å². The zero-order valence-corrected chi connectivity index (χ0v) is 17.5. The molecule has 0 saturated heterocycles. The molecule has 0 spiro atoms. The molecule has 0 unspecified atom stereocenters. The molecule has 0 atom stereocenters. The highest BCUT2D eigenvalue weighted by Crippen LogP contribution is 2.33. The van der Waals surface area contributed by atoms with Gasteiger partial charge in [-0.05, 0) is 30.3 Å². The predicted octanol–water partition coefficient (Wildman–Crippen LogP) is 3.26. The Kier molecular flexibility index (Phi) is 6.17. The highest BCUT2D eigenvalue weighted by molar-refractivity contribution is 7.91. The number of carbonyl (C=O) groups excluding carboxylic acids is 1. The topological polar surface area (TPSA) is 97.2 Å². The van der Waals surface area contributed by atoms with E-state index in [4.69, 9.17) is 11.6 Å². The molecule has 3 aromatic rings. The van der Waals surface area contributed by atoms with Gasteiger partial charge in [0.15, 0.2) is 0 Å². The maximum absolute atomic E-state index is 13.1. The van der Waals surface area contributed by atoms with E-state index in [9.17, 15) is 26.4 Å². The number of likely N-dealkylation sites (N-methyl/N-ethyl adjacent to an activating group) is 1. The van der Waals surface area contributed by atoms with Gasteiger partial charge in [-0.2, -0.15) is 22.6 Å². The Bertz CT molecular complexity index is 1160. The Morgan fingerprint density at radius 3 is 2.60 bits per heavy atom. The highest BCUT2D eigenvalue weighted by atomic mass is 35.5. The second-order valence-corrected chi connectivity index (χ2v) is 9.92.